The quantitative estimate of drug-likeness (QED) is 0.480. The molecule has 108 valence electrons. The number of carbonyl (C=O) groups excluding carboxylic acids is 1. The molecule has 0 bridgehead atoms. The first-order chi connectivity index (χ1) is 10.2. The molecular formula is C18H21BO2. The van der Waals surface area contributed by atoms with E-state index >= 15 is 0 Å². The van der Waals surface area contributed by atoms with Crippen molar-refractivity contribution < 1.29 is 9.90 Å². The van der Waals surface area contributed by atoms with E-state index in [2.05, 4.69) is 32.1 Å². The molecule has 21 heavy (non-hydrogen) atoms. The largest absolute Gasteiger partial charge is 0.396 e. The zero-order valence-corrected chi connectivity index (χ0v) is 12.5. The van der Waals surface area contributed by atoms with E-state index in [1.54, 1.807) is 0 Å². The third-order valence-corrected chi connectivity index (χ3v) is 3.65. The van der Waals surface area contributed by atoms with Crippen molar-refractivity contribution in [3.8, 4) is 11.1 Å². The average Bonchev–Trinajstić information content (AvgIpc) is 2.52. The average molecular weight is 280 g/mol. The van der Waals surface area contributed by atoms with Crippen LogP contribution in [0.1, 0.15) is 36.0 Å². The third-order valence-electron chi connectivity index (χ3n) is 3.65. The highest BCUT2D eigenvalue weighted by atomic mass is 16.2. The van der Waals surface area contributed by atoms with E-state index < -0.39 is 0 Å². The molecule has 0 fully saturated rings. The van der Waals surface area contributed by atoms with E-state index in [-0.39, 0.29) is 12.4 Å². The molecule has 0 saturated heterocycles. The van der Waals surface area contributed by atoms with Crippen molar-refractivity contribution in [3.63, 3.8) is 0 Å². The molecule has 0 unspecified atom stereocenters. The lowest BCUT2D eigenvalue weighted by Gasteiger charge is -2.05. The van der Waals surface area contributed by atoms with Gasteiger partial charge in [0.15, 0.2) is 5.78 Å². The van der Waals surface area contributed by atoms with Gasteiger partial charge in [0.05, 0.1) is 0 Å². The zero-order chi connectivity index (χ0) is 15.1. The highest BCUT2D eigenvalue weighted by Crippen LogP contribution is 2.19. The van der Waals surface area contributed by atoms with Gasteiger partial charge in [-0.1, -0.05) is 60.4 Å². The topological polar surface area (TPSA) is 37.3 Å². The zero-order valence-electron chi connectivity index (χ0n) is 12.5. The molecule has 0 aromatic heterocycles. The van der Waals surface area contributed by atoms with Gasteiger partial charge in [0, 0.05) is 18.6 Å². The van der Waals surface area contributed by atoms with Crippen LogP contribution in [0.5, 0.6) is 0 Å². The van der Waals surface area contributed by atoms with Crippen LogP contribution in [-0.2, 0) is 0 Å². The second-order valence-corrected chi connectivity index (χ2v) is 5.40. The van der Waals surface area contributed by atoms with Gasteiger partial charge >= 0.3 is 0 Å². The van der Waals surface area contributed by atoms with E-state index in [4.69, 9.17) is 5.11 Å². The fourth-order valence-corrected chi connectivity index (χ4v) is 2.31. The van der Waals surface area contributed by atoms with E-state index in [0.29, 0.717) is 6.42 Å². The Balaban J connectivity index is 1.98. The summed E-state index contributed by atoms with van der Waals surface area (Å²) in [5.74, 6) is 0.184. The minimum atomic E-state index is 0.184. The first kappa shape index (κ1) is 15.5. The van der Waals surface area contributed by atoms with Gasteiger partial charge < -0.3 is 5.11 Å². The number of aliphatic hydroxyl groups is 1. The molecule has 0 amide bonds. The van der Waals surface area contributed by atoms with Crippen molar-refractivity contribution in [2.45, 2.75) is 25.7 Å². The van der Waals surface area contributed by atoms with Gasteiger partial charge in [-0.05, 0) is 24.0 Å². The van der Waals surface area contributed by atoms with Gasteiger partial charge in [-0.2, -0.15) is 0 Å². The predicted molar refractivity (Wildman–Crippen MR) is 89.9 cm³/mol. The lowest BCUT2D eigenvalue weighted by atomic mass is 9.93. The van der Waals surface area contributed by atoms with Crippen molar-refractivity contribution in [1.82, 2.24) is 0 Å². The van der Waals surface area contributed by atoms with Gasteiger partial charge in [-0.3, -0.25) is 4.79 Å². The summed E-state index contributed by atoms with van der Waals surface area (Å²) in [6.07, 6.45) is 3.09. The maximum atomic E-state index is 12.0. The molecule has 2 nitrogen and oxygen atoms in total. The monoisotopic (exact) mass is 280 g/mol. The molecule has 0 aliphatic rings. The Morgan fingerprint density at radius 3 is 2.00 bits per heavy atom. The molecule has 0 radical (unpaired) electrons. The molecule has 0 aliphatic carbocycles. The summed E-state index contributed by atoms with van der Waals surface area (Å²) in [5, 5.41) is 8.72. The van der Waals surface area contributed by atoms with Gasteiger partial charge in [0.25, 0.3) is 0 Å². The van der Waals surface area contributed by atoms with Crippen molar-refractivity contribution in [2.75, 3.05) is 6.61 Å². The molecule has 0 saturated carbocycles. The van der Waals surface area contributed by atoms with E-state index in [1.807, 2.05) is 24.3 Å². The minimum absolute atomic E-state index is 0.184. The summed E-state index contributed by atoms with van der Waals surface area (Å²) in [4.78, 5) is 12.0. The van der Waals surface area contributed by atoms with Crippen molar-refractivity contribution in [1.29, 1.82) is 0 Å². The van der Waals surface area contributed by atoms with Crippen LogP contribution in [0.15, 0.2) is 48.5 Å². The number of Topliss-reactive ketones (excluding diaryl/α,β-unsaturated/α-hetero) is 1. The molecule has 0 aliphatic heterocycles. The number of ketones is 1. The number of benzene rings is 2. The second kappa shape index (κ2) is 7.80. The highest BCUT2D eigenvalue weighted by Gasteiger charge is 2.06. The standard InChI is InChI=1S/C18H21BO2/c19-17-11-9-15(10-12-17)14-5-7-16(8-6-14)18(21)4-2-1-3-13-20/h5-12,20H,1-4,13,19H2. The molecule has 2 aromatic rings. The number of unbranched alkanes of at least 4 members (excludes halogenated alkanes) is 2. The minimum Gasteiger partial charge on any atom is -0.396 e. The highest BCUT2D eigenvalue weighted by molar-refractivity contribution is 6.32. The fraction of sp³-hybridized carbons (Fsp3) is 0.278. The van der Waals surface area contributed by atoms with Gasteiger partial charge in [-0.25, -0.2) is 0 Å². The molecular weight excluding hydrogens is 259 g/mol. The second-order valence-electron chi connectivity index (χ2n) is 5.40. The Morgan fingerprint density at radius 2 is 1.43 bits per heavy atom. The van der Waals surface area contributed by atoms with Crippen molar-refractivity contribution in [3.05, 3.63) is 54.1 Å². The smallest absolute Gasteiger partial charge is 0.162 e. The predicted octanol–water partition coefficient (Wildman–Crippen LogP) is 2.35. The first-order valence-corrected chi connectivity index (χ1v) is 7.52. The van der Waals surface area contributed by atoms with Crippen LogP contribution < -0.4 is 5.46 Å². The molecule has 1 N–H and O–H groups in total. The van der Waals surface area contributed by atoms with Crippen molar-refractivity contribution in [2.24, 2.45) is 0 Å². The lowest BCUT2D eigenvalue weighted by Crippen LogP contribution is -2.00. The fourth-order valence-electron chi connectivity index (χ4n) is 2.31. The van der Waals surface area contributed by atoms with E-state index in [1.165, 1.54) is 11.0 Å². The van der Waals surface area contributed by atoms with Crippen LogP contribution in [-0.4, -0.2) is 25.3 Å². The van der Waals surface area contributed by atoms with E-state index in [9.17, 15) is 4.79 Å². The van der Waals surface area contributed by atoms with Crippen molar-refractivity contribution >= 4 is 19.1 Å². The SMILES string of the molecule is Bc1ccc(-c2ccc(C(=O)CCCCCO)cc2)cc1. The maximum Gasteiger partial charge on any atom is 0.162 e. The molecule has 0 spiro atoms. The van der Waals surface area contributed by atoms with Crippen LogP contribution in [0, 0.1) is 0 Å². The lowest BCUT2D eigenvalue weighted by molar-refractivity contribution is 0.0978. The number of carbonyl (C=O) groups is 1. The van der Waals surface area contributed by atoms with Gasteiger partial charge in [-0.15, -0.1) is 0 Å². The number of rotatable bonds is 7. The summed E-state index contributed by atoms with van der Waals surface area (Å²) in [5.41, 5.74) is 4.32. The summed E-state index contributed by atoms with van der Waals surface area (Å²) in [6.45, 7) is 0.208. The van der Waals surface area contributed by atoms with Crippen LogP contribution in [0.3, 0.4) is 0 Å². The summed E-state index contributed by atoms with van der Waals surface area (Å²) >= 11 is 0. The molecule has 2 rings (SSSR count). The normalized spacial score (nSPS) is 10.5. The van der Waals surface area contributed by atoms with Crippen LogP contribution in [0.2, 0.25) is 0 Å². The summed E-state index contributed by atoms with van der Waals surface area (Å²) < 4.78 is 0. The Bertz CT molecular complexity index is 573. The Hall–Kier alpha value is -1.87. The Morgan fingerprint density at radius 1 is 0.857 bits per heavy atom. The molecule has 2 aromatic carbocycles. The summed E-state index contributed by atoms with van der Waals surface area (Å²) in [7, 11) is 2.07. The van der Waals surface area contributed by atoms with Crippen LogP contribution in [0.4, 0.5) is 0 Å². The van der Waals surface area contributed by atoms with Crippen LogP contribution >= 0.6 is 0 Å². The number of hydrogen-bond acceptors (Lipinski definition) is 2. The molecule has 0 atom stereocenters. The van der Waals surface area contributed by atoms with Crippen LogP contribution in [0.25, 0.3) is 11.1 Å². The number of hydrogen-bond donors (Lipinski definition) is 1. The van der Waals surface area contributed by atoms with Gasteiger partial charge in [0.2, 0.25) is 0 Å². The Kier molecular flexibility index (Phi) is 5.76. The third kappa shape index (κ3) is 4.57. The molecule has 3 heteroatoms. The maximum absolute atomic E-state index is 12.0. The number of aliphatic hydroxyl groups excluding tert-OH is 1. The first-order valence-electron chi connectivity index (χ1n) is 7.52. The van der Waals surface area contributed by atoms with E-state index in [0.717, 1.165) is 30.4 Å². The van der Waals surface area contributed by atoms with Gasteiger partial charge in [0.1, 0.15) is 7.85 Å². The Labute approximate surface area is 127 Å². The summed E-state index contributed by atoms with van der Waals surface area (Å²) in [6, 6.07) is 16.2. The molecule has 0 heterocycles.